The third kappa shape index (κ3) is 93.0. The average molecular weight is 176 g/mol. The Morgan fingerprint density at radius 3 is 1.29 bits per heavy atom. The normalized spacial score (nSPS) is 8.43. The van der Waals surface area contributed by atoms with E-state index in [0.717, 1.165) is 0 Å². The first-order chi connectivity index (χ1) is 2.00. The van der Waals surface area contributed by atoms with E-state index < -0.39 is 14.5 Å². The molecular formula is H6AsLiMgO4. The van der Waals surface area contributed by atoms with Crippen LogP contribution < -0.4 is 18.9 Å². The largest absolute Gasteiger partial charge is 2.00 e. The van der Waals surface area contributed by atoms with Gasteiger partial charge in [0.25, 0.3) is 0 Å². The molecule has 0 saturated carbocycles. The van der Waals surface area contributed by atoms with Crippen LogP contribution in [0.2, 0.25) is 0 Å². The quantitative estimate of drug-likeness (QED) is 0.322. The minimum atomic E-state index is -5.12. The Labute approximate surface area is 76.4 Å². The molecule has 7 heteroatoms. The van der Waals surface area contributed by atoms with Gasteiger partial charge in [-0.3, -0.25) is 0 Å². The fraction of sp³-hybridized carbons (Fsp3) is 0. The molecule has 0 aromatic heterocycles. The summed E-state index contributed by atoms with van der Waals surface area (Å²) in [7, 11) is 0. The van der Waals surface area contributed by atoms with Gasteiger partial charge in [-0.05, 0) is 0 Å². The first-order valence-electron chi connectivity index (χ1n) is 0.783. The third-order valence-corrected chi connectivity index (χ3v) is 0. The molecule has 0 aliphatic rings. The van der Waals surface area contributed by atoms with Gasteiger partial charge in [0.2, 0.25) is 0 Å². The molecule has 0 aromatic rings. The van der Waals surface area contributed by atoms with E-state index in [4.69, 9.17) is 16.0 Å². The van der Waals surface area contributed by atoms with Crippen LogP contribution in [0.4, 0.5) is 0 Å². The molecule has 0 saturated heterocycles. The molecule has 7 heavy (non-hydrogen) atoms. The molecule has 0 aliphatic heterocycles. The van der Waals surface area contributed by atoms with E-state index in [0.29, 0.717) is 0 Å². The van der Waals surface area contributed by atoms with Crippen LogP contribution in [-0.4, -0.2) is 49.9 Å². The van der Waals surface area contributed by atoms with E-state index in [1.165, 1.54) is 0 Å². The van der Waals surface area contributed by atoms with Crippen molar-refractivity contribution in [3.8, 4) is 0 Å². The summed E-state index contributed by atoms with van der Waals surface area (Å²) < 4.78 is 30.7. The molecule has 0 spiro atoms. The van der Waals surface area contributed by atoms with E-state index in [1.54, 1.807) is 0 Å². The second-order valence-corrected chi connectivity index (χ2v) is 2.67. The molecule has 0 atom stereocenters. The first-order valence-corrected chi connectivity index (χ1v) is 4.07. The molecule has 0 bridgehead atoms. The van der Waals surface area contributed by atoms with Crippen molar-refractivity contribution in [2.75, 3.05) is 0 Å². The molecular weight excluding hydrogens is 170 g/mol. The topological polar surface area (TPSA) is 77.8 Å². The smallest absolute Gasteiger partial charge is 1.00 e. The van der Waals surface area contributed by atoms with Crippen molar-refractivity contribution in [2.45, 2.75) is 0 Å². The van der Waals surface area contributed by atoms with Gasteiger partial charge in [-0.25, -0.2) is 0 Å². The summed E-state index contributed by atoms with van der Waals surface area (Å²) in [5.74, 6) is 0. The third-order valence-electron chi connectivity index (χ3n) is 0. The van der Waals surface area contributed by atoms with Crippen LogP contribution in [0.3, 0.4) is 0 Å². The predicted octanol–water partition coefficient (Wildman–Crippen LogP) is -5.21. The van der Waals surface area contributed by atoms with Crippen molar-refractivity contribution in [1.29, 1.82) is 0 Å². The maximum atomic E-state index is 8.94. The Hall–Kier alpha value is 1.60. The maximum absolute atomic E-state index is 8.94. The molecule has 0 amide bonds. The van der Waals surface area contributed by atoms with Gasteiger partial charge < -0.3 is 4.28 Å². The van der Waals surface area contributed by atoms with E-state index in [9.17, 15) is 0 Å². The first kappa shape index (κ1) is 15.8. The summed E-state index contributed by atoms with van der Waals surface area (Å²) >= 11 is -5.12. The molecule has 0 unspecified atom stereocenters. The van der Waals surface area contributed by atoms with Crippen LogP contribution in [0, 0.1) is 0 Å². The van der Waals surface area contributed by atoms with Gasteiger partial charge in [0.1, 0.15) is 0 Å². The van der Waals surface area contributed by atoms with Crippen LogP contribution in [0.15, 0.2) is 0 Å². The molecule has 3 N–H and O–H groups in total. The predicted molar refractivity (Wildman–Crippen MR) is 22.2 cm³/mol. The number of hydrogen-bond acceptors (Lipinski definition) is 1. The minimum Gasteiger partial charge on any atom is -1.00 e. The molecule has 0 aromatic carbocycles. The Bertz CT molecular complexity index is 66.6. The van der Waals surface area contributed by atoms with Crippen LogP contribution in [-0.2, 0) is 3.74 Å². The average Bonchev–Trinajstić information content (AvgIpc) is 0.722. The van der Waals surface area contributed by atoms with Gasteiger partial charge in [-0.15, -0.1) is 0 Å². The van der Waals surface area contributed by atoms with Crippen LogP contribution in [0.25, 0.3) is 0 Å². The van der Waals surface area contributed by atoms with Crippen LogP contribution in [0.5, 0.6) is 0 Å². The van der Waals surface area contributed by atoms with E-state index in [2.05, 4.69) is 0 Å². The molecule has 0 radical (unpaired) electrons. The summed E-state index contributed by atoms with van der Waals surface area (Å²) in [4.78, 5) is 0. The molecule has 4 nitrogen and oxygen atoms in total. The Morgan fingerprint density at radius 2 is 1.29 bits per heavy atom. The summed E-state index contributed by atoms with van der Waals surface area (Å²) in [6.45, 7) is 0. The van der Waals surface area contributed by atoms with Gasteiger partial charge in [0.05, 0.1) is 0 Å². The SMILES string of the molecule is O=[As](O)(O)O.[H-].[H-].[H-].[Li+].[Mg+2]. The standard InChI is InChI=1S/AsH3O4.Li.Mg.3H/c2-1(3,4)5;;;;;/h(H3,2,3,4,5);;;;;/q;+1;+2;3*-1. The summed E-state index contributed by atoms with van der Waals surface area (Å²) in [6, 6.07) is 0. The van der Waals surface area contributed by atoms with E-state index in [-0.39, 0.29) is 46.2 Å². The molecule has 0 fully saturated rings. The summed E-state index contributed by atoms with van der Waals surface area (Å²) in [6.07, 6.45) is 0. The van der Waals surface area contributed by atoms with Crippen molar-refractivity contribution < 1.29 is 39.2 Å². The summed E-state index contributed by atoms with van der Waals surface area (Å²) in [5, 5.41) is 0. The van der Waals surface area contributed by atoms with E-state index >= 15 is 0 Å². The Balaban J connectivity index is -0.00000000800. The second-order valence-electron chi connectivity index (χ2n) is 0.513. The molecule has 0 heterocycles. The van der Waals surface area contributed by atoms with Crippen molar-refractivity contribution >= 4 is 37.6 Å². The van der Waals surface area contributed by atoms with Gasteiger partial charge >= 0.3 is 72.5 Å². The van der Waals surface area contributed by atoms with Crippen molar-refractivity contribution in [1.82, 2.24) is 0 Å². The number of rotatable bonds is 0. The molecule has 0 aliphatic carbocycles. The van der Waals surface area contributed by atoms with Gasteiger partial charge in [-0.1, -0.05) is 0 Å². The fourth-order valence-electron chi connectivity index (χ4n) is 0. The minimum absolute atomic E-state index is 0. The maximum Gasteiger partial charge on any atom is 2.00 e. The van der Waals surface area contributed by atoms with Crippen molar-refractivity contribution in [2.24, 2.45) is 0 Å². The van der Waals surface area contributed by atoms with Crippen LogP contribution in [0.1, 0.15) is 4.28 Å². The monoisotopic (exact) mass is 176 g/mol. The zero-order valence-corrected chi connectivity index (χ0v) is 7.19. The molecule has 0 rings (SSSR count). The van der Waals surface area contributed by atoms with Gasteiger partial charge in [0, 0.05) is 0 Å². The van der Waals surface area contributed by atoms with Crippen LogP contribution >= 0.6 is 0 Å². The fourth-order valence-corrected chi connectivity index (χ4v) is 0. The zero-order valence-electron chi connectivity index (χ0n) is 6.90. The van der Waals surface area contributed by atoms with Crippen molar-refractivity contribution in [3.63, 3.8) is 0 Å². The zero-order chi connectivity index (χ0) is 4.50. The van der Waals surface area contributed by atoms with Crippen molar-refractivity contribution in [3.05, 3.63) is 0 Å². The van der Waals surface area contributed by atoms with Gasteiger partial charge in [-0.2, -0.15) is 0 Å². The summed E-state index contributed by atoms with van der Waals surface area (Å²) in [5.41, 5.74) is 0. The van der Waals surface area contributed by atoms with E-state index in [1.807, 2.05) is 0 Å². The number of hydrogen-bond donors (Lipinski definition) is 3. The van der Waals surface area contributed by atoms with Gasteiger partial charge in [0.15, 0.2) is 0 Å². The Kier molecular flexibility index (Phi) is 13.0. The Morgan fingerprint density at radius 1 is 1.29 bits per heavy atom. The molecule has 38 valence electrons. The second kappa shape index (κ2) is 5.73.